The first-order valence-electron chi connectivity index (χ1n) is 6.19. The highest BCUT2D eigenvalue weighted by molar-refractivity contribution is 9.10. The summed E-state index contributed by atoms with van der Waals surface area (Å²) in [7, 11) is 0. The summed E-state index contributed by atoms with van der Waals surface area (Å²) >= 11 is 3.16. The van der Waals surface area contributed by atoms with Crippen molar-refractivity contribution in [2.24, 2.45) is 5.92 Å². The number of nitrogens with one attached hydrogen (secondary N) is 1. The number of carboxylic acid groups (broad SMARTS) is 1. The second-order valence-electron chi connectivity index (χ2n) is 4.84. The molecule has 1 aromatic carbocycles. The number of hydrogen-bond acceptors (Lipinski definition) is 4. The Balaban J connectivity index is 2.99. The van der Waals surface area contributed by atoms with Crippen LogP contribution in [-0.4, -0.2) is 27.9 Å². The number of rotatable bonds is 6. The van der Waals surface area contributed by atoms with Crippen LogP contribution in [-0.2, 0) is 4.79 Å². The third-order valence-corrected chi connectivity index (χ3v) is 3.61. The molecule has 0 saturated carbocycles. The van der Waals surface area contributed by atoms with Crippen LogP contribution in [0, 0.1) is 16.0 Å². The van der Waals surface area contributed by atoms with Gasteiger partial charge in [-0.05, 0) is 27.9 Å². The van der Waals surface area contributed by atoms with Crippen LogP contribution in [0.25, 0.3) is 0 Å². The zero-order valence-electron chi connectivity index (χ0n) is 11.5. The summed E-state index contributed by atoms with van der Waals surface area (Å²) in [6, 6.07) is 3.28. The van der Waals surface area contributed by atoms with Gasteiger partial charge in [0, 0.05) is 22.6 Å². The average Bonchev–Trinajstić information content (AvgIpc) is 2.37. The molecule has 1 aromatic rings. The highest BCUT2D eigenvalue weighted by atomic mass is 79.9. The van der Waals surface area contributed by atoms with Crippen molar-refractivity contribution < 1.29 is 19.6 Å². The molecule has 7 nitrogen and oxygen atoms in total. The largest absolute Gasteiger partial charge is 0.481 e. The summed E-state index contributed by atoms with van der Waals surface area (Å²) in [4.78, 5) is 33.1. The minimum atomic E-state index is -1.02. The monoisotopic (exact) mass is 358 g/mol. The van der Waals surface area contributed by atoms with Gasteiger partial charge in [0.15, 0.2) is 0 Å². The van der Waals surface area contributed by atoms with E-state index in [0.717, 1.165) is 6.07 Å². The van der Waals surface area contributed by atoms with Crippen LogP contribution in [0.15, 0.2) is 22.7 Å². The van der Waals surface area contributed by atoms with Crippen molar-refractivity contribution in [3.8, 4) is 0 Å². The lowest BCUT2D eigenvalue weighted by molar-refractivity contribution is -0.384. The van der Waals surface area contributed by atoms with Gasteiger partial charge in [0.05, 0.1) is 16.9 Å². The molecule has 21 heavy (non-hydrogen) atoms. The summed E-state index contributed by atoms with van der Waals surface area (Å²) in [5.41, 5.74) is -0.108. The van der Waals surface area contributed by atoms with Crippen LogP contribution in [0.5, 0.6) is 0 Å². The van der Waals surface area contributed by atoms with E-state index in [2.05, 4.69) is 21.2 Å². The first-order chi connectivity index (χ1) is 9.72. The van der Waals surface area contributed by atoms with Gasteiger partial charge in [0.25, 0.3) is 11.6 Å². The van der Waals surface area contributed by atoms with E-state index in [1.807, 2.05) is 0 Å². The molecule has 1 amide bonds. The van der Waals surface area contributed by atoms with Gasteiger partial charge in [-0.15, -0.1) is 0 Å². The number of nitro groups is 1. The molecule has 0 aliphatic rings. The highest BCUT2D eigenvalue weighted by Gasteiger charge is 2.22. The Morgan fingerprint density at radius 1 is 1.43 bits per heavy atom. The van der Waals surface area contributed by atoms with Gasteiger partial charge in [-0.1, -0.05) is 13.8 Å². The normalized spacial score (nSPS) is 12.0. The fourth-order valence-corrected chi connectivity index (χ4v) is 2.12. The van der Waals surface area contributed by atoms with E-state index in [-0.39, 0.29) is 23.6 Å². The van der Waals surface area contributed by atoms with E-state index in [9.17, 15) is 19.7 Å². The number of benzene rings is 1. The molecule has 2 N–H and O–H groups in total. The minimum absolute atomic E-state index is 0.0810. The highest BCUT2D eigenvalue weighted by Crippen LogP contribution is 2.23. The molecule has 0 spiro atoms. The van der Waals surface area contributed by atoms with Crippen LogP contribution >= 0.6 is 15.9 Å². The van der Waals surface area contributed by atoms with Gasteiger partial charge in [0.1, 0.15) is 0 Å². The molecule has 1 rings (SSSR count). The molecule has 0 aromatic heterocycles. The topological polar surface area (TPSA) is 110 Å². The Hall–Kier alpha value is -1.96. The number of hydrogen-bond donors (Lipinski definition) is 2. The standard InChI is InChI=1S/C13H15BrN2O5/c1-7(2)11(6-12(17)18)15-13(19)9-5-8(16(20)21)3-4-10(9)14/h3-5,7,11H,6H2,1-2H3,(H,15,19)(H,17,18). The zero-order chi connectivity index (χ0) is 16.2. The predicted octanol–water partition coefficient (Wildman–Crippen LogP) is 2.59. The summed E-state index contributed by atoms with van der Waals surface area (Å²) in [5, 5.41) is 22.2. The SMILES string of the molecule is CC(C)C(CC(=O)O)NC(=O)c1cc([N+](=O)[O-])ccc1Br. The van der Waals surface area contributed by atoms with E-state index in [4.69, 9.17) is 5.11 Å². The maximum Gasteiger partial charge on any atom is 0.305 e. The summed E-state index contributed by atoms with van der Waals surface area (Å²) < 4.78 is 0.406. The fourth-order valence-electron chi connectivity index (χ4n) is 1.69. The Kier molecular flexibility index (Phi) is 5.83. The van der Waals surface area contributed by atoms with Crippen LogP contribution in [0.2, 0.25) is 0 Å². The Labute approximate surface area is 129 Å². The molecule has 0 fully saturated rings. The van der Waals surface area contributed by atoms with Crippen molar-refractivity contribution in [3.05, 3.63) is 38.3 Å². The van der Waals surface area contributed by atoms with Crippen molar-refractivity contribution >= 4 is 33.5 Å². The Morgan fingerprint density at radius 3 is 2.52 bits per heavy atom. The van der Waals surface area contributed by atoms with Crippen molar-refractivity contribution in [2.45, 2.75) is 26.3 Å². The molecule has 0 bridgehead atoms. The number of carboxylic acids is 1. The van der Waals surface area contributed by atoms with Gasteiger partial charge in [-0.3, -0.25) is 19.7 Å². The first kappa shape index (κ1) is 17.1. The quantitative estimate of drug-likeness (QED) is 0.599. The number of carbonyl (C=O) groups is 2. The Bertz CT molecular complexity index is 574. The first-order valence-corrected chi connectivity index (χ1v) is 6.98. The molecule has 1 atom stereocenters. The van der Waals surface area contributed by atoms with Crippen LogP contribution in [0.4, 0.5) is 5.69 Å². The number of halogens is 1. The number of non-ortho nitro benzene ring substituents is 1. The van der Waals surface area contributed by atoms with E-state index >= 15 is 0 Å². The lowest BCUT2D eigenvalue weighted by Gasteiger charge is -2.20. The van der Waals surface area contributed by atoms with Crippen molar-refractivity contribution in [1.82, 2.24) is 5.32 Å². The third kappa shape index (κ3) is 4.82. The van der Waals surface area contributed by atoms with Gasteiger partial charge in [0.2, 0.25) is 0 Å². The van der Waals surface area contributed by atoms with E-state index in [1.54, 1.807) is 13.8 Å². The van der Waals surface area contributed by atoms with Gasteiger partial charge in [-0.25, -0.2) is 0 Å². The predicted molar refractivity (Wildman–Crippen MR) is 79.1 cm³/mol. The second-order valence-corrected chi connectivity index (χ2v) is 5.70. The molecule has 8 heteroatoms. The molecule has 0 heterocycles. The number of aliphatic carboxylic acids is 1. The lowest BCUT2D eigenvalue weighted by atomic mass is 10.0. The molecular weight excluding hydrogens is 344 g/mol. The molecular formula is C13H15BrN2O5. The van der Waals surface area contributed by atoms with Crippen LogP contribution in [0.1, 0.15) is 30.6 Å². The zero-order valence-corrected chi connectivity index (χ0v) is 13.1. The van der Waals surface area contributed by atoms with Crippen LogP contribution < -0.4 is 5.32 Å². The van der Waals surface area contributed by atoms with Crippen molar-refractivity contribution in [2.75, 3.05) is 0 Å². The third-order valence-electron chi connectivity index (χ3n) is 2.92. The van der Waals surface area contributed by atoms with Gasteiger partial charge < -0.3 is 10.4 Å². The van der Waals surface area contributed by atoms with Gasteiger partial charge >= 0.3 is 5.97 Å². The van der Waals surface area contributed by atoms with E-state index in [0.29, 0.717) is 4.47 Å². The molecule has 114 valence electrons. The van der Waals surface area contributed by atoms with Gasteiger partial charge in [-0.2, -0.15) is 0 Å². The fraction of sp³-hybridized carbons (Fsp3) is 0.385. The minimum Gasteiger partial charge on any atom is -0.481 e. The summed E-state index contributed by atoms with van der Waals surface area (Å²) in [5.74, 6) is -1.65. The number of nitrogens with zero attached hydrogens (tertiary/aromatic N) is 1. The molecule has 0 aliphatic carbocycles. The molecule has 1 unspecified atom stereocenters. The summed E-state index contributed by atoms with van der Waals surface area (Å²) in [6.07, 6.45) is -0.212. The van der Waals surface area contributed by atoms with Crippen molar-refractivity contribution in [3.63, 3.8) is 0 Å². The number of nitro benzene ring substituents is 1. The maximum atomic E-state index is 12.2. The number of carbonyl (C=O) groups excluding carboxylic acids is 1. The smallest absolute Gasteiger partial charge is 0.305 e. The molecule has 0 saturated heterocycles. The maximum absolute atomic E-state index is 12.2. The molecule has 0 aliphatic heterocycles. The lowest BCUT2D eigenvalue weighted by Crippen LogP contribution is -2.40. The second kappa shape index (κ2) is 7.16. The summed E-state index contributed by atoms with van der Waals surface area (Å²) in [6.45, 7) is 3.58. The van der Waals surface area contributed by atoms with E-state index < -0.39 is 22.8 Å². The number of amides is 1. The average molecular weight is 359 g/mol. The molecule has 0 radical (unpaired) electrons. The van der Waals surface area contributed by atoms with Crippen LogP contribution in [0.3, 0.4) is 0 Å². The Morgan fingerprint density at radius 2 is 2.05 bits per heavy atom. The van der Waals surface area contributed by atoms with Crippen molar-refractivity contribution in [1.29, 1.82) is 0 Å². The van der Waals surface area contributed by atoms with E-state index in [1.165, 1.54) is 12.1 Å².